The predicted octanol–water partition coefficient (Wildman–Crippen LogP) is 0.416. The molecular formula is C12H21NO4. The van der Waals surface area contributed by atoms with E-state index >= 15 is 0 Å². The van der Waals surface area contributed by atoms with Crippen LogP contribution in [0.2, 0.25) is 0 Å². The Balaban J connectivity index is 2.42. The Morgan fingerprint density at radius 1 is 1.35 bits per heavy atom. The van der Waals surface area contributed by atoms with Gasteiger partial charge < -0.3 is 14.7 Å². The van der Waals surface area contributed by atoms with Gasteiger partial charge in [-0.05, 0) is 18.8 Å². The third-order valence-electron chi connectivity index (χ3n) is 3.27. The molecule has 0 saturated carbocycles. The van der Waals surface area contributed by atoms with Crippen LogP contribution in [0.25, 0.3) is 0 Å². The summed E-state index contributed by atoms with van der Waals surface area (Å²) < 4.78 is 4.72. The van der Waals surface area contributed by atoms with Gasteiger partial charge in [0, 0.05) is 26.1 Å². The van der Waals surface area contributed by atoms with E-state index in [1.165, 1.54) is 7.11 Å². The minimum Gasteiger partial charge on any atom is -0.469 e. The number of rotatable bonds is 5. The average molecular weight is 243 g/mol. The number of carbonyl (C=O) groups is 2. The molecule has 1 fully saturated rings. The molecular weight excluding hydrogens is 222 g/mol. The Morgan fingerprint density at radius 2 is 2.06 bits per heavy atom. The van der Waals surface area contributed by atoms with Crippen molar-refractivity contribution in [2.24, 2.45) is 11.8 Å². The summed E-state index contributed by atoms with van der Waals surface area (Å²) in [4.78, 5) is 25.0. The number of amides is 1. The minimum atomic E-state index is -0.233. The van der Waals surface area contributed by atoms with Gasteiger partial charge in [0.05, 0.1) is 13.0 Å². The van der Waals surface area contributed by atoms with E-state index in [1.807, 2.05) is 6.92 Å². The van der Waals surface area contributed by atoms with Gasteiger partial charge in [-0.15, -0.1) is 0 Å². The Bertz CT molecular complexity index is 280. The van der Waals surface area contributed by atoms with E-state index in [2.05, 4.69) is 0 Å². The number of hydrogen-bond donors (Lipinski definition) is 1. The molecule has 1 N–H and O–H groups in total. The Morgan fingerprint density at radius 3 is 2.65 bits per heavy atom. The second kappa shape index (κ2) is 6.59. The van der Waals surface area contributed by atoms with Crippen molar-refractivity contribution in [2.75, 3.05) is 26.8 Å². The summed E-state index contributed by atoms with van der Waals surface area (Å²) in [6.07, 6.45) is 1.79. The van der Waals surface area contributed by atoms with Crippen LogP contribution in [0.15, 0.2) is 0 Å². The first kappa shape index (κ1) is 14.0. The molecule has 1 aliphatic heterocycles. The molecule has 0 aromatic carbocycles. The molecule has 1 heterocycles. The Kier molecular flexibility index (Phi) is 5.41. The maximum atomic E-state index is 11.8. The van der Waals surface area contributed by atoms with Crippen molar-refractivity contribution in [3.05, 3.63) is 0 Å². The molecule has 2 unspecified atom stereocenters. The fourth-order valence-electron chi connectivity index (χ4n) is 2.17. The van der Waals surface area contributed by atoms with Crippen LogP contribution in [-0.2, 0) is 14.3 Å². The van der Waals surface area contributed by atoms with Crippen molar-refractivity contribution < 1.29 is 19.4 Å². The molecule has 0 bridgehead atoms. The summed E-state index contributed by atoms with van der Waals surface area (Å²) in [5.74, 6) is -0.203. The van der Waals surface area contributed by atoms with Gasteiger partial charge in [0.25, 0.3) is 0 Å². The normalized spacial score (nSPS) is 23.8. The second-order valence-corrected chi connectivity index (χ2v) is 4.59. The summed E-state index contributed by atoms with van der Waals surface area (Å²) in [7, 11) is 1.38. The minimum absolute atomic E-state index is 0.0664. The average Bonchev–Trinajstić information content (AvgIpc) is 2.70. The van der Waals surface area contributed by atoms with Gasteiger partial charge in [0.2, 0.25) is 5.91 Å². The molecule has 5 heteroatoms. The molecule has 0 radical (unpaired) electrons. The number of unbranched alkanes of at least 4 members (excludes halogenated alkanes) is 1. The zero-order valence-electron chi connectivity index (χ0n) is 10.5. The molecule has 0 aromatic heterocycles. The number of nitrogens with zero attached hydrogens (tertiary/aromatic N) is 1. The maximum Gasteiger partial charge on any atom is 0.310 e. The van der Waals surface area contributed by atoms with Crippen LogP contribution < -0.4 is 0 Å². The van der Waals surface area contributed by atoms with Gasteiger partial charge in [0.1, 0.15) is 0 Å². The fraction of sp³-hybridized carbons (Fsp3) is 0.833. The van der Waals surface area contributed by atoms with Crippen molar-refractivity contribution in [3.8, 4) is 0 Å². The third-order valence-corrected chi connectivity index (χ3v) is 3.27. The quantitative estimate of drug-likeness (QED) is 0.561. The highest BCUT2D eigenvalue weighted by atomic mass is 16.5. The number of esters is 1. The number of aliphatic hydroxyl groups is 1. The van der Waals surface area contributed by atoms with E-state index in [0.29, 0.717) is 32.4 Å². The molecule has 98 valence electrons. The van der Waals surface area contributed by atoms with E-state index in [4.69, 9.17) is 9.84 Å². The Hall–Kier alpha value is -1.10. The van der Waals surface area contributed by atoms with Crippen LogP contribution >= 0.6 is 0 Å². The largest absolute Gasteiger partial charge is 0.469 e. The Labute approximate surface area is 102 Å². The third kappa shape index (κ3) is 3.70. The molecule has 2 atom stereocenters. The summed E-state index contributed by atoms with van der Waals surface area (Å²) in [6, 6.07) is 0. The smallest absolute Gasteiger partial charge is 0.310 e. The fourth-order valence-corrected chi connectivity index (χ4v) is 2.17. The van der Waals surface area contributed by atoms with E-state index in [9.17, 15) is 9.59 Å². The van der Waals surface area contributed by atoms with E-state index < -0.39 is 0 Å². The summed E-state index contributed by atoms with van der Waals surface area (Å²) in [6.45, 7) is 3.17. The molecule has 0 aromatic rings. The summed E-state index contributed by atoms with van der Waals surface area (Å²) >= 11 is 0. The highest BCUT2D eigenvalue weighted by molar-refractivity contribution is 5.79. The van der Waals surface area contributed by atoms with Crippen molar-refractivity contribution in [3.63, 3.8) is 0 Å². The van der Waals surface area contributed by atoms with Gasteiger partial charge in [-0.3, -0.25) is 9.59 Å². The number of carbonyl (C=O) groups excluding carboxylic acids is 2. The van der Waals surface area contributed by atoms with Crippen molar-refractivity contribution in [1.29, 1.82) is 0 Å². The molecule has 0 spiro atoms. The van der Waals surface area contributed by atoms with Crippen LogP contribution in [0.1, 0.15) is 26.2 Å². The lowest BCUT2D eigenvalue weighted by Crippen LogP contribution is -2.30. The van der Waals surface area contributed by atoms with E-state index in [-0.39, 0.29) is 30.3 Å². The first-order chi connectivity index (χ1) is 8.10. The maximum absolute atomic E-state index is 11.8. The monoisotopic (exact) mass is 243 g/mol. The van der Waals surface area contributed by atoms with Crippen molar-refractivity contribution in [2.45, 2.75) is 26.2 Å². The van der Waals surface area contributed by atoms with Crippen molar-refractivity contribution in [1.82, 2.24) is 4.90 Å². The topological polar surface area (TPSA) is 66.8 Å². The lowest BCUT2D eigenvalue weighted by atomic mass is 9.99. The zero-order valence-corrected chi connectivity index (χ0v) is 10.5. The van der Waals surface area contributed by atoms with Crippen molar-refractivity contribution >= 4 is 11.9 Å². The lowest BCUT2D eigenvalue weighted by molar-refractivity contribution is -0.146. The molecule has 1 saturated heterocycles. The lowest BCUT2D eigenvalue weighted by Gasteiger charge is -2.15. The van der Waals surface area contributed by atoms with Gasteiger partial charge in [-0.25, -0.2) is 0 Å². The first-order valence-electron chi connectivity index (χ1n) is 6.06. The molecule has 1 amide bonds. The standard InChI is InChI=1S/C12H21NO4/c1-9-7-13(8-10(9)12(16)17-2)11(15)5-3-4-6-14/h9-10,14H,3-8H2,1-2H3. The van der Waals surface area contributed by atoms with Gasteiger partial charge in [-0.1, -0.05) is 6.92 Å². The second-order valence-electron chi connectivity index (χ2n) is 4.59. The number of methoxy groups -OCH3 is 1. The first-order valence-corrected chi connectivity index (χ1v) is 6.06. The zero-order chi connectivity index (χ0) is 12.8. The van der Waals surface area contributed by atoms with Gasteiger partial charge in [-0.2, -0.15) is 0 Å². The van der Waals surface area contributed by atoms with Crippen LogP contribution in [0.3, 0.4) is 0 Å². The highest BCUT2D eigenvalue weighted by Crippen LogP contribution is 2.24. The van der Waals surface area contributed by atoms with Crippen LogP contribution in [0.4, 0.5) is 0 Å². The number of hydrogen-bond acceptors (Lipinski definition) is 4. The van der Waals surface area contributed by atoms with Crippen LogP contribution in [0.5, 0.6) is 0 Å². The number of ether oxygens (including phenoxy) is 1. The molecule has 5 nitrogen and oxygen atoms in total. The van der Waals surface area contributed by atoms with E-state index in [0.717, 1.165) is 0 Å². The van der Waals surface area contributed by atoms with Crippen LogP contribution in [-0.4, -0.2) is 48.7 Å². The van der Waals surface area contributed by atoms with Gasteiger partial charge >= 0.3 is 5.97 Å². The molecule has 17 heavy (non-hydrogen) atoms. The number of aliphatic hydroxyl groups excluding tert-OH is 1. The molecule has 1 rings (SSSR count). The predicted molar refractivity (Wildman–Crippen MR) is 62.2 cm³/mol. The highest BCUT2D eigenvalue weighted by Gasteiger charge is 2.37. The summed E-state index contributed by atoms with van der Waals surface area (Å²) in [5.41, 5.74) is 0. The van der Waals surface area contributed by atoms with Crippen LogP contribution in [0, 0.1) is 11.8 Å². The molecule has 1 aliphatic rings. The van der Waals surface area contributed by atoms with E-state index in [1.54, 1.807) is 4.90 Å². The number of likely N-dealkylation sites (tertiary alicyclic amines) is 1. The SMILES string of the molecule is COC(=O)C1CN(C(=O)CCCCO)CC1C. The van der Waals surface area contributed by atoms with Gasteiger partial charge in [0.15, 0.2) is 0 Å². The summed E-state index contributed by atoms with van der Waals surface area (Å²) in [5, 5.41) is 8.65. The molecule has 0 aliphatic carbocycles.